The van der Waals surface area contributed by atoms with Crippen LogP contribution in [-0.4, -0.2) is 45.4 Å². The summed E-state index contributed by atoms with van der Waals surface area (Å²) < 4.78 is 33.5. The minimum Gasteiger partial charge on any atom is -0.491 e. The molecule has 2 unspecified atom stereocenters. The van der Waals surface area contributed by atoms with Crippen molar-refractivity contribution >= 4 is 9.84 Å². The molecule has 0 aliphatic carbocycles. The molecule has 20 heavy (non-hydrogen) atoms. The van der Waals surface area contributed by atoms with Crippen molar-refractivity contribution in [3.05, 3.63) is 29.8 Å². The molecule has 2 rings (SSSR count). The summed E-state index contributed by atoms with van der Waals surface area (Å²) in [5.41, 5.74) is 0.644. The van der Waals surface area contributed by atoms with Crippen LogP contribution in [0.25, 0.3) is 0 Å². The van der Waals surface area contributed by atoms with E-state index in [4.69, 9.17) is 9.47 Å². The van der Waals surface area contributed by atoms with E-state index >= 15 is 0 Å². The van der Waals surface area contributed by atoms with Crippen LogP contribution in [0.1, 0.15) is 18.1 Å². The summed E-state index contributed by atoms with van der Waals surface area (Å²) in [6.45, 7) is 0.853. The summed E-state index contributed by atoms with van der Waals surface area (Å²) in [4.78, 5) is 0. The maximum absolute atomic E-state index is 11.5. The summed E-state index contributed by atoms with van der Waals surface area (Å²) in [7, 11) is -1.41. The molecule has 2 atom stereocenters. The second-order valence-corrected chi connectivity index (χ2v) is 7.22. The van der Waals surface area contributed by atoms with Crippen LogP contribution in [0.15, 0.2) is 24.3 Å². The van der Waals surface area contributed by atoms with Crippen molar-refractivity contribution in [1.29, 1.82) is 0 Å². The third-order valence-electron chi connectivity index (χ3n) is 3.50. The average molecular weight is 300 g/mol. The molecule has 0 bridgehead atoms. The highest BCUT2D eigenvalue weighted by Gasteiger charge is 2.34. The van der Waals surface area contributed by atoms with Crippen molar-refractivity contribution in [2.24, 2.45) is 5.92 Å². The quantitative estimate of drug-likeness (QED) is 0.799. The van der Waals surface area contributed by atoms with E-state index in [0.29, 0.717) is 30.9 Å². The SMILES string of the molecule is COCCOc1ccccc1C(O)C1CCS(=O)(=O)C1. The van der Waals surface area contributed by atoms with E-state index in [2.05, 4.69) is 0 Å². The molecular formula is C14H20O5S. The fourth-order valence-electron chi connectivity index (χ4n) is 2.42. The Balaban J connectivity index is 2.11. The number of hydrogen-bond donors (Lipinski definition) is 1. The minimum absolute atomic E-state index is 0.0422. The third-order valence-corrected chi connectivity index (χ3v) is 5.29. The molecule has 0 radical (unpaired) electrons. The fraction of sp³-hybridized carbons (Fsp3) is 0.571. The summed E-state index contributed by atoms with van der Waals surface area (Å²) in [6, 6.07) is 7.18. The Bertz CT molecular complexity index is 540. The molecular weight excluding hydrogens is 280 g/mol. The molecule has 1 aromatic rings. The van der Waals surface area contributed by atoms with Gasteiger partial charge in [0, 0.05) is 18.6 Å². The maximum atomic E-state index is 11.5. The van der Waals surface area contributed by atoms with Crippen LogP contribution in [0.5, 0.6) is 5.75 Å². The van der Waals surface area contributed by atoms with E-state index in [1.54, 1.807) is 19.2 Å². The lowest BCUT2D eigenvalue weighted by atomic mass is 9.95. The molecule has 1 aliphatic heterocycles. The van der Waals surface area contributed by atoms with Crippen LogP contribution in [0, 0.1) is 5.92 Å². The van der Waals surface area contributed by atoms with Crippen molar-refractivity contribution in [3.8, 4) is 5.75 Å². The number of benzene rings is 1. The zero-order chi connectivity index (χ0) is 14.6. The van der Waals surface area contributed by atoms with Crippen molar-refractivity contribution < 1.29 is 23.0 Å². The van der Waals surface area contributed by atoms with E-state index in [1.165, 1.54) is 0 Å². The summed E-state index contributed by atoms with van der Waals surface area (Å²) in [5, 5.41) is 10.4. The first-order chi connectivity index (χ1) is 9.53. The second-order valence-electron chi connectivity index (χ2n) is 4.99. The highest BCUT2D eigenvalue weighted by Crippen LogP contribution is 2.35. The van der Waals surface area contributed by atoms with Crippen molar-refractivity contribution in [2.75, 3.05) is 31.8 Å². The first-order valence-corrected chi connectivity index (χ1v) is 8.45. The van der Waals surface area contributed by atoms with Crippen molar-refractivity contribution in [3.63, 3.8) is 0 Å². The van der Waals surface area contributed by atoms with Crippen LogP contribution < -0.4 is 4.74 Å². The van der Waals surface area contributed by atoms with Gasteiger partial charge in [-0.3, -0.25) is 0 Å². The molecule has 1 fully saturated rings. The smallest absolute Gasteiger partial charge is 0.150 e. The van der Waals surface area contributed by atoms with Gasteiger partial charge in [-0.15, -0.1) is 0 Å². The number of para-hydroxylation sites is 1. The molecule has 5 nitrogen and oxygen atoms in total. The lowest BCUT2D eigenvalue weighted by Gasteiger charge is -2.20. The lowest BCUT2D eigenvalue weighted by molar-refractivity contribution is 0.111. The number of aliphatic hydroxyl groups excluding tert-OH is 1. The number of ether oxygens (including phenoxy) is 2. The van der Waals surface area contributed by atoms with Crippen LogP contribution in [-0.2, 0) is 14.6 Å². The van der Waals surface area contributed by atoms with Crippen LogP contribution in [0.3, 0.4) is 0 Å². The van der Waals surface area contributed by atoms with E-state index in [1.807, 2.05) is 12.1 Å². The van der Waals surface area contributed by atoms with Crippen LogP contribution >= 0.6 is 0 Å². The van der Waals surface area contributed by atoms with E-state index in [9.17, 15) is 13.5 Å². The Hall–Kier alpha value is -1.11. The average Bonchev–Trinajstić information content (AvgIpc) is 2.79. The molecule has 1 aliphatic rings. The number of hydrogen-bond acceptors (Lipinski definition) is 5. The van der Waals surface area contributed by atoms with Gasteiger partial charge in [-0.05, 0) is 12.5 Å². The maximum Gasteiger partial charge on any atom is 0.150 e. The molecule has 0 spiro atoms. The van der Waals surface area contributed by atoms with Gasteiger partial charge in [0.1, 0.15) is 12.4 Å². The molecule has 0 aromatic heterocycles. The molecule has 0 saturated carbocycles. The van der Waals surface area contributed by atoms with Gasteiger partial charge in [0.05, 0.1) is 24.2 Å². The monoisotopic (exact) mass is 300 g/mol. The number of aliphatic hydroxyl groups is 1. The largest absolute Gasteiger partial charge is 0.491 e. The summed E-state index contributed by atoms with van der Waals surface area (Å²) in [6.07, 6.45) is -0.318. The lowest BCUT2D eigenvalue weighted by Crippen LogP contribution is -2.16. The Labute approximate surface area is 119 Å². The van der Waals surface area contributed by atoms with Gasteiger partial charge in [0.2, 0.25) is 0 Å². The normalized spacial score (nSPS) is 22.6. The Morgan fingerprint density at radius 2 is 2.10 bits per heavy atom. The molecule has 1 heterocycles. The van der Waals surface area contributed by atoms with Gasteiger partial charge < -0.3 is 14.6 Å². The molecule has 1 aromatic carbocycles. The molecule has 0 amide bonds. The van der Waals surface area contributed by atoms with Crippen LogP contribution in [0.4, 0.5) is 0 Å². The van der Waals surface area contributed by atoms with Gasteiger partial charge >= 0.3 is 0 Å². The fourth-order valence-corrected chi connectivity index (χ4v) is 4.25. The highest BCUT2D eigenvalue weighted by molar-refractivity contribution is 7.91. The Kier molecular flexibility index (Phi) is 5.01. The first-order valence-electron chi connectivity index (χ1n) is 6.62. The number of sulfone groups is 1. The van der Waals surface area contributed by atoms with Gasteiger partial charge in [0.25, 0.3) is 0 Å². The first kappa shape index (κ1) is 15.3. The van der Waals surface area contributed by atoms with Crippen molar-refractivity contribution in [1.82, 2.24) is 0 Å². The number of rotatable bonds is 6. The van der Waals surface area contributed by atoms with E-state index in [0.717, 1.165) is 0 Å². The summed E-state index contributed by atoms with van der Waals surface area (Å²) in [5.74, 6) is 0.524. The summed E-state index contributed by atoms with van der Waals surface area (Å²) >= 11 is 0. The number of methoxy groups -OCH3 is 1. The Morgan fingerprint density at radius 3 is 2.75 bits per heavy atom. The van der Waals surface area contributed by atoms with E-state index in [-0.39, 0.29) is 17.4 Å². The van der Waals surface area contributed by atoms with Crippen molar-refractivity contribution in [2.45, 2.75) is 12.5 Å². The standard InChI is InChI=1S/C14H20O5S/c1-18-7-8-19-13-5-3-2-4-12(13)14(15)11-6-9-20(16,17)10-11/h2-5,11,14-15H,6-10H2,1H3. The van der Waals surface area contributed by atoms with Gasteiger partial charge in [-0.1, -0.05) is 18.2 Å². The zero-order valence-corrected chi connectivity index (χ0v) is 12.3. The Morgan fingerprint density at radius 1 is 1.35 bits per heavy atom. The van der Waals surface area contributed by atoms with Gasteiger partial charge in [-0.25, -0.2) is 8.42 Å². The van der Waals surface area contributed by atoms with E-state index < -0.39 is 15.9 Å². The highest BCUT2D eigenvalue weighted by atomic mass is 32.2. The topological polar surface area (TPSA) is 72.8 Å². The van der Waals surface area contributed by atoms with Gasteiger partial charge in [-0.2, -0.15) is 0 Å². The molecule has 1 N–H and O–H groups in total. The zero-order valence-electron chi connectivity index (χ0n) is 11.5. The van der Waals surface area contributed by atoms with Crippen LogP contribution in [0.2, 0.25) is 0 Å². The van der Waals surface area contributed by atoms with Gasteiger partial charge in [0.15, 0.2) is 9.84 Å². The predicted molar refractivity (Wildman–Crippen MR) is 75.5 cm³/mol. The molecule has 1 saturated heterocycles. The third kappa shape index (κ3) is 3.71. The predicted octanol–water partition coefficient (Wildman–Crippen LogP) is 1.18. The minimum atomic E-state index is -3.00. The molecule has 6 heteroatoms. The molecule has 112 valence electrons. The second kappa shape index (κ2) is 6.56.